The van der Waals surface area contributed by atoms with Gasteiger partial charge in [-0.2, -0.15) is 0 Å². The summed E-state index contributed by atoms with van der Waals surface area (Å²) in [7, 11) is 1.98. The monoisotopic (exact) mass is 300 g/mol. The topological polar surface area (TPSA) is 56.7 Å². The predicted octanol–water partition coefficient (Wildman–Crippen LogP) is 3.38. The largest absolute Gasteiger partial charge is 0.361 e. The number of thioether (sulfide) groups is 1. The van der Waals surface area contributed by atoms with Crippen molar-refractivity contribution in [2.24, 2.45) is 7.05 Å². The molecule has 0 spiro atoms. The van der Waals surface area contributed by atoms with E-state index in [1.807, 2.05) is 55.8 Å². The van der Waals surface area contributed by atoms with E-state index in [4.69, 9.17) is 4.52 Å². The molecule has 2 aromatic heterocycles. The number of aromatic nitrogens is 4. The molecule has 2 heterocycles. The van der Waals surface area contributed by atoms with E-state index in [-0.39, 0.29) is 0 Å². The summed E-state index contributed by atoms with van der Waals surface area (Å²) in [6.45, 7) is 3.89. The molecule has 0 N–H and O–H groups in total. The van der Waals surface area contributed by atoms with Gasteiger partial charge >= 0.3 is 0 Å². The number of hydrogen-bond acceptors (Lipinski definition) is 5. The van der Waals surface area contributed by atoms with E-state index in [9.17, 15) is 0 Å². The molecule has 21 heavy (non-hydrogen) atoms. The summed E-state index contributed by atoms with van der Waals surface area (Å²) in [5.74, 6) is 2.52. The molecule has 0 aliphatic heterocycles. The molecule has 6 heteroatoms. The van der Waals surface area contributed by atoms with Crippen molar-refractivity contribution in [3.05, 3.63) is 47.3 Å². The van der Waals surface area contributed by atoms with E-state index in [1.54, 1.807) is 11.8 Å². The van der Waals surface area contributed by atoms with E-state index in [0.29, 0.717) is 0 Å². The average Bonchev–Trinajstić information content (AvgIpc) is 3.02. The van der Waals surface area contributed by atoms with Gasteiger partial charge in [-0.3, -0.25) is 0 Å². The lowest BCUT2D eigenvalue weighted by atomic mass is 10.2. The zero-order valence-electron chi connectivity index (χ0n) is 12.2. The molecule has 0 aliphatic rings. The lowest BCUT2D eigenvalue weighted by molar-refractivity contribution is 0.392. The van der Waals surface area contributed by atoms with Crippen LogP contribution in [0.1, 0.15) is 17.0 Å². The third-order valence-electron chi connectivity index (χ3n) is 3.39. The van der Waals surface area contributed by atoms with Gasteiger partial charge in [-0.1, -0.05) is 47.3 Å². The van der Waals surface area contributed by atoms with Gasteiger partial charge in [0.1, 0.15) is 5.76 Å². The molecule has 3 rings (SSSR count). The number of nitrogens with zero attached hydrogens (tertiary/aromatic N) is 4. The number of rotatable bonds is 4. The number of benzene rings is 1. The first-order chi connectivity index (χ1) is 10.2. The molecule has 3 aromatic rings. The molecule has 0 atom stereocenters. The summed E-state index contributed by atoms with van der Waals surface area (Å²) in [5.41, 5.74) is 3.13. The summed E-state index contributed by atoms with van der Waals surface area (Å²) in [6.07, 6.45) is 0. The van der Waals surface area contributed by atoms with Gasteiger partial charge in [0.15, 0.2) is 11.0 Å². The first kappa shape index (κ1) is 13.9. The van der Waals surface area contributed by atoms with Crippen molar-refractivity contribution in [2.45, 2.75) is 24.8 Å². The second-order valence-electron chi connectivity index (χ2n) is 4.82. The molecule has 0 fully saturated rings. The molecule has 1 aromatic carbocycles. The van der Waals surface area contributed by atoms with Gasteiger partial charge in [-0.15, -0.1) is 10.2 Å². The highest BCUT2D eigenvalue weighted by Crippen LogP contribution is 2.27. The molecule has 108 valence electrons. The fraction of sp³-hybridized carbons (Fsp3) is 0.267. The minimum absolute atomic E-state index is 0.780. The zero-order valence-corrected chi connectivity index (χ0v) is 13.0. The SMILES string of the molecule is Cc1noc(C)c1CSc1nnc(-c2ccccc2)n1C. The summed E-state index contributed by atoms with van der Waals surface area (Å²) >= 11 is 1.64. The molecule has 0 saturated carbocycles. The fourth-order valence-electron chi connectivity index (χ4n) is 2.12. The Balaban J connectivity index is 1.80. The number of hydrogen-bond donors (Lipinski definition) is 0. The summed E-state index contributed by atoms with van der Waals surface area (Å²) in [6, 6.07) is 10.1. The molecule has 5 nitrogen and oxygen atoms in total. The van der Waals surface area contributed by atoms with Crippen LogP contribution in [0.5, 0.6) is 0 Å². The van der Waals surface area contributed by atoms with Crippen LogP contribution in [0, 0.1) is 13.8 Å². The zero-order chi connectivity index (χ0) is 14.8. The van der Waals surface area contributed by atoms with E-state index >= 15 is 0 Å². The summed E-state index contributed by atoms with van der Waals surface area (Å²) in [4.78, 5) is 0. The molecule has 0 radical (unpaired) electrons. The maximum Gasteiger partial charge on any atom is 0.191 e. The molecule has 0 unspecified atom stereocenters. The summed E-state index contributed by atoms with van der Waals surface area (Å²) in [5, 5.41) is 13.4. The first-order valence-electron chi connectivity index (χ1n) is 6.66. The predicted molar refractivity (Wildman–Crippen MR) is 82.0 cm³/mol. The third kappa shape index (κ3) is 2.71. The minimum Gasteiger partial charge on any atom is -0.361 e. The van der Waals surface area contributed by atoms with Gasteiger partial charge in [0.2, 0.25) is 0 Å². The lowest BCUT2D eigenvalue weighted by Crippen LogP contribution is -1.95. The maximum absolute atomic E-state index is 5.18. The van der Waals surface area contributed by atoms with Crippen molar-refractivity contribution in [1.29, 1.82) is 0 Å². The van der Waals surface area contributed by atoms with Gasteiger partial charge in [0, 0.05) is 23.9 Å². The van der Waals surface area contributed by atoms with Crippen molar-refractivity contribution in [2.75, 3.05) is 0 Å². The van der Waals surface area contributed by atoms with Crippen LogP contribution in [0.2, 0.25) is 0 Å². The minimum atomic E-state index is 0.780. The highest BCUT2D eigenvalue weighted by atomic mass is 32.2. The van der Waals surface area contributed by atoms with E-state index < -0.39 is 0 Å². The Hall–Kier alpha value is -2.08. The van der Waals surface area contributed by atoms with Gasteiger partial charge in [0.25, 0.3) is 0 Å². The number of aryl methyl sites for hydroxylation is 2. The Kier molecular flexibility index (Phi) is 3.79. The van der Waals surface area contributed by atoms with Crippen LogP contribution >= 0.6 is 11.8 Å². The average molecular weight is 300 g/mol. The second-order valence-corrected chi connectivity index (χ2v) is 5.77. The van der Waals surface area contributed by atoms with Crippen LogP contribution in [0.25, 0.3) is 11.4 Å². The highest BCUT2D eigenvalue weighted by molar-refractivity contribution is 7.98. The maximum atomic E-state index is 5.18. The van der Waals surface area contributed by atoms with Crippen LogP contribution < -0.4 is 0 Å². The van der Waals surface area contributed by atoms with Gasteiger partial charge in [-0.05, 0) is 13.8 Å². The van der Waals surface area contributed by atoms with Gasteiger partial charge in [0.05, 0.1) is 5.69 Å². The fourth-order valence-corrected chi connectivity index (χ4v) is 3.19. The van der Waals surface area contributed by atoms with Crippen molar-refractivity contribution < 1.29 is 4.52 Å². The highest BCUT2D eigenvalue weighted by Gasteiger charge is 2.14. The quantitative estimate of drug-likeness (QED) is 0.691. The van der Waals surface area contributed by atoms with Crippen LogP contribution in [0.3, 0.4) is 0 Å². The Morgan fingerprint density at radius 1 is 1.14 bits per heavy atom. The standard InChI is InChI=1S/C15H16N4OS/c1-10-13(11(2)20-18-10)9-21-15-17-16-14(19(15)3)12-7-5-4-6-8-12/h4-8H,9H2,1-3H3. The Morgan fingerprint density at radius 3 is 2.57 bits per heavy atom. The third-order valence-corrected chi connectivity index (χ3v) is 4.44. The molecule has 0 amide bonds. The lowest BCUT2D eigenvalue weighted by Gasteiger charge is -2.03. The Morgan fingerprint density at radius 2 is 1.90 bits per heavy atom. The van der Waals surface area contributed by atoms with E-state index in [1.165, 1.54) is 0 Å². The van der Waals surface area contributed by atoms with Gasteiger partial charge < -0.3 is 9.09 Å². The molecule has 0 aliphatic carbocycles. The van der Waals surface area contributed by atoms with Crippen LogP contribution in [-0.2, 0) is 12.8 Å². The molecule has 0 bridgehead atoms. The first-order valence-corrected chi connectivity index (χ1v) is 7.64. The van der Waals surface area contributed by atoms with Crippen LogP contribution in [-0.4, -0.2) is 19.9 Å². The van der Waals surface area contributed by atoms with Crippen molar-refractivity contribution in [3.63, 3.8) is 0 Å². The Labute approximate surface area is 127 Å². The van der Waals surface area contributed by atoms with Crippen molar-refractivity contribution in [1.82, 2.24) is 19.9 Å². The van der Waals surface area contributed by atoms with Crippen molar-refractivity contribution in [3.8, 4) is 11.4 Å². The second kappa shape index (κ2) is 5.73. The summed E-state index contributed by atoms with van der Waals surface area (Å²) < 4.78 is 7.19. The molecule has 0 saturated heterocycles. The van der Waals surface area contributed by atoms with Gasteiger partial charge in [-0.25, -0.2) is 0 Å². The normalized spacial score (nSPS) is 11.0. The van der Waals surface area contributed by atoms with Crippen molar-refractivity contribution >= 4 is 11.8 Å². The Bertz CT molecular complexity index is 729. The van der Waals surface area contributed by atoms with Crippen LogP contribution in [0.4, 0.5) is 0 Å². The van der Waals surface area contributed by atoms with E-state index in [0.717, 1.165) is 39.3 Å². The molecular weight excluding hydrogens is 284 g/mol. The smallest absolute Gasteiger partial charge is 0.191 e. The molecular formula is C15H16N4OS. The van der Waals surface area contributed by atoms with Crippen LogP contribution in [0.15, 0.2) is 40.0 Å². The van der Waals surface area contributed by atoms with E-state index in [2.05, 4.69) is 15.4 Å².